The highest BCUT2D eigenvalue weighted by molar-refractivity contribution is 7.90. The van der Waals surface area contributed by atoms with Crippen molar-refractivity contribution in [2.75, 3.05) is 5.32 Å². The molecular formula is C25H24ClN5O2S. The van der Waals surface area contributed by atoms with Gasteiger partial charge in [0.05, 0.1) is 27.3 Å². The van der Waals surface area contributed by atoms with Crippen LogP contribution in [-0.4, -0.2) is 40.5 Å². The minimum atomic E-state index is -3.80. The van der Waals surface area contributed by atoms with Gasteiger partial charge < -0.3 is 10.6 Å². The van der Waals surface area contributed by atoms with Crippen molar-refractivity contribution in [2.24, 2.45) is 0 Å². The molecule has 3 atom stereocenters. The second-order valence-electron chi connectivity index (χ2n) is 9.01. The van der Waals surface area contributed by atoms with Crippen LogP contribution in [0, 0.1) is 0 Å². The number of benzene rings is 2. The van der Waals surface area contributed by atoms with Gasteiger partial charge in [-0.05, 0) is 43.9 Å². The van der Waals surface area contributed by atoms with Crippen molar-refractivity contribution in [2.45, 2.75) is 48.7 Å². The Balaban J connectivity index is 1.42. The van der Waals surface area contributed by atoms with E-state index in [1.54, 1.807) is 48.8 Å². The van der Waals surface area contributed by atoms with Crippen LogP contribution in [0.3, 0.4) is 0 Å². The van der Waals surface area contributed by atoms with E-state index in [-0.39, 0.29) is 4.90 Å². The van der Waals surface area contributed by atoms with E-state index in [1.807, 2.05) is 18.2 Å². The summed E-state index contributed by atoms with van der Waals surface area (Å²) in [6.45, 7) is 0. The number of rotatable bonds is 5. The van der Waals surface area contributed by atoms with Gasteiger partial charge in [-0.15, -0.1) is 0 Å². The Morgan fingerprint density at radius 3 is 2.47 bits per heavy atom. The van der Waals surface area contributed by atoms with Gasteiger partial charge in [-0.1, -0.05) is 48.0 Å². The molecule has 2 aromatic heterocycles. The Kier molecular flexibility index (Phi) is 5.32. The molecule has 7 nitrogen and oxygen atoms in total. The molecule has 0 aliphatic carbocycles. The van der Waals surface area contributed by atoms with Crippen molar-refractivity contribution in [1.29, 1.82) is 0 Å². The molecule has 2 fully saturated rings. The standard InChI is InChI=1S/C25H24ClN5O2S/c26-22-14-27-25(29-18-12-16-10-11-17(13-18)28-16)30-24(22)21-15-31(23-9-5-4-8-20(21)23)34(32,33)19-6-2-1-3-7-19/h1-9,14-18,28H,10-13H2,(H,27,29,30)/t16-,17+,18+. The van der Waals surface area contributed by atoms with Gasteiger partial charge in [-0.25, -0.2) is 22.4 Å². The lowest BCUT2D eigenvalue weighted by Crippen LogP contribution is -2.43. The minimum absolute atomic E-state index is 0.221. The van der Waals surface area contributed by atoms with Crippen molar-refractivity contribution < 1.29 is 8.42 Å². The lowest BCUT2D eigenvalue weighted by Gasteiger charge is -2.29. The van der Waals surface area contributed by atoms with Gasteiger partial charge in [0.1, 0.15) is 0 Å². The Bertz CT molecular complexity index is 1460. The number of nitrogens with zero attached hydrogens (tertiary/aromatic N) is 3. The molecule has 0 amide bonds. The van der Waals surface area contributed by atoms with Crippen LogP contribution in [0.2, 0.25) is 5.02 Å². The predicted molar refractivity (Wildman–Crippen MR) is 134 cm³/mol. The first-order valence-corrected chi connectivity index (χ1v) is 13.3. The molecular weight excluding hydrogens is 470 g/mol. The monoisotopic (exact) mass is 493 g/mol. The molecule has 4 heterocycles. The first-order chi connectivity index (χ1) is 16.5. The second-order valence-corrected chi connectivity index (χ2v) is 11.2. The van der Waals surface area contributed by atoms with E-state index in [1.165, 1.54) is 16.8 Å². The predicted octanol–water partition coefficient (Wildman–Crippen LogP) is 4.68. The molecule has 9 heteroatoms. The van der Waals surface area contributed by atoms with Gasteiger partial charge in [0, 0.05) is 35.3 Å². The van der Waals surface area contributed by atoms with Crippen LogP contribution in [0.5, 0.6) is 0 Å². The number of anilines is 1. The maximum Gasteiger partial charge on any atom is 0.268 e. The first-order valence-electron chi connectivity index (χ1n) is 11.5. The maximum absolute atomic E-state index is 13.5. The van der Waals surface area contributed by atoms with Gasteiger partial charge in [0.2, 0.25) is 5.95 Å². The van der Waals surface area contributed by atoms with E-state index >= 15 is 0 Å². The number of piperidine rings is 1. The summed E-state index contributed by atoms with van der Waals surface area (Å²) >= 11 is 6.55. The van der Waals surface area contributed by atoms with E-state index < -0.39 is 10.0 Å². The summed E-state index contributed by atoms with van der Waals surface area (Å²) in [5.74, 6) is 0.508. The van der Waals surface area contributed by atoms with Crippen LogP contribution in [0.4, 0.5) is 5.95 Å². The van der Waals surface area contributed by atoms with E-state index in [0.717, 1.165) is 18.2 Å². The van der Waals surface area contributed by atoms with Gasteiger partial charge in [0.25, 0.3) is 10.0 Å². The number of nitrogens with one attached hydrogen (secondary N) is 2. The fourth-order valence-electron chi connectivity index (χ4n) is 5.23. The van der Waals surface area contributed by atoms with E-state index in [0.29, 0.717) is 45.9 Å². The van der Waals surface area contributed by atoms with E-state index in [2.05, 4.69) is 15.6 Å². The van der Waals surface area contributed by atoms with Gasteiger partial charge in [0.15, 0.2) is 0 Å². The molecule has 4 aromatic rings. The molecule has 0 spiro atoms. The van der Waals surface area contributed by atoms with Crippen LogP contribution in [0.15, 0.2) is 71.9 Å². The molecule has 0 unspecified atom stereocenters. The van der Waals surface area contributed by atoms with Crippen LogP contribution in [0.25, 0.3) is 22.2 Å². The summed E-state index contributed by atoms with van der Waals surface area (Å²) in [5.41, 5.74) is 1.73. The quantitative estimate of drug-likeness (QED) is 0.419. The summed E-state index contributed by atoms with van der Waals surface area (Å²) in [6.07, 6.45) is 7.68. The zero-order valence-electron chi connectivity index (χ0n) is 18.4. The molecule has 0 saturated carbocycles. The first kappa shape index (κ1) is 21.6. The Labute approximate surface area is 203 Å². The maximum atomic E-state index is 13.5. The molecule has 2 aromatic carbocycles. The van der Waals surface area contributed by atoms with E-state index in [9.17, 15) is 8.42 Å². The number of halogens is 1. The molecule has 2 N–H and O–H groups in total. The average Bonchev–Trinajstić information content (AvgIpc) is 3.41. The zero-order valence-corrected chi connectivity index (χ0v) is 19.9. The second kappa shape index (κ2) is 8.37. The molecule has 2 aliphatic heterocycles. The van der Waals surface area contributed by atoms with Gasteiger partial charge in [-0.2, -0.15) is 0 Å². The van der Waals surface area contributed by atoms with Crippen molar-refractivity contribution in [3.8, 4) is 11.3 Å². The van der Waals surface area contributed by atoms with Crippen molar-refractivity contribution in [3.63, 3.8) is 0 Å². The fourth-order valence-corrected chi connectivity index (χ4v) is 6.81. The highest BCUT2D eigenvalue weighted by atomic mass is 35.5. The molecule has 2 bridgehead atoms. The molecule has 174 valence electrons. The van der Waals surface area contributed by atoms with Crippen LogP contribution >= 0.6 is 11.6 Å². The Morgan fingerprint density at radius 1 is 1.00 bits per heavy atom. The summed E-state index contributed by atoms with van der Waals surface area (Å²) in [7, 11) is -3.80. The Morgan fingerprint density at radius 2 is 1.71 bits per heavy atom. The SMILES string of the molecule is O=S(=O)(c1ccccc1)n1cc(-c2nc(N[C@H]3C[C@H]4CC[C@@H](C3)N4)ncc2Cl)c2ccccc21. The topological polar surface area (TPSA) is 88.9 Å². The number of aromatic nitrogens is 3. The smallest absolute Gasteiger partial charge is 0.268 e. The molecule has 2 aliphatic rings. The lowest BCUT2D eigenvalue weighted by molar-refractivity contribution is 0.377. The third-order valence-corrected chi connectivity index (χ3v) is 8.75. The summed E-state index contributed by atoms with van der Waals surface area (Å²) in [5, 5.41) is 8.25. The Hall–Kier alpha value is -2.94. The fraction of sp³-hybridized carbons (Fsp3) is 0.280. The van der Waals surface area contributed by atoms with Gasteiger partial charge in [-0.3, -0.25) is 0 Å². The number of fused-ring (bicyclic) bond motifs is 3. The van der Waals surface area contributed by atoms with E-state index in [4.69, 9.17) is 16.6 Å². The van der Waals surface area contributed by atoms with Crippen LogP contribution in [-0.2, 0) is 10.0 Å². The van der Waals surface area contributed by atoms with Crippen molar-refractivity contribution >= 4 is 38.5 Å². The third-order valence-electron chi connectivity index (χ3n) is 6.78. The minimum Gasteiger partial charge on any atom is -0.351 e. The zero-order chi connectivity index (χ0) is 23.3. The molecule has 34 heavy (non-hydrogen) atoms. The van der Waals surface area contributed by atoms with Crippen LogP contribution < -0.4 is 10.6 Å². The largest absolute Gasteiger partial charge is 0.351 e. The summed E-state index contributed by atoms with van der Waals surface area (Å²) < 4.78 is 28.2. The number of para-hydroxylation sites is 1. The summed E-state index contributed by atoms with van der Waals surface area (Å²) in [6, 6.07) is 17.2. The number of hydrogen-bond acceptors (Lipinski definition) is 6. The average molecular weight is 494 g/mol. The number of hydrogen-bond donors (Lipinski definition) is 2. The van der Waals surface area contributed by atoms with Crippen molar-refractivity contribution in [1.82, 2.24) is 19.3 Å². The van der Waals surface area contributed by atoms with Crippen molar-refractivity contribution in [3.05, 3.63) is 72.0 Å². The molecule has 0 radical (unpaired) electrons. The normalized spacial score (nSPS) is 22.2. The molecule has 6 rings (SSSR count). The highest BCUT2D eigenvalue weighted by Gasteiger charge is 2.33. The third kappa shape index (κ3) is 3.76. The molecule has 2 saturated heterocycles. The van der Waals surface area contributed by atoms with Crippen LogP contribution in [0.1, 0.15) is 25.7 Å². The summed E-state index contributed by atoms with van der Waals surface area (Å²) in [4.78, 5) is 9.38. The lowest BCUT2D eigenvalue weighted by atomic mass is 10.00. The van der Waals surface area contributed by atoms with Gasteiger partial charge >= 0.3 is 0 Å². The highest BCUT2D eigenvalue weighted by Crippen LogP contribution is 2.36.